The zero-order chi connectivity index (χ0) is 12.8. The molecular formula is C14H18N2O2. The van der Waals surface area contributed by atoms with Crippen molar-refractivity contribution in [2.24, 2.45) is 0 Å². The molecule has 0 bridgehead atoms. The van der Waals surface area contributed by atoms with E-state index < -0.39 is 0 Å². The fourth-order valence-corrected chi connectivity index (χ4v) is 2.08. The van der Waals surface area contributed by atoms with Gasteiger partial charge in [-0.15, -0.1) is 0 Å². The quantitative estimate of drug-likeness (QED) is 0.596. The maximum absolute atomic E-state index is 10.3. The molecule has 1 aromatic rings. The van der Waals surface area contributed by atoms with Crippen LogP contribution in [0.15, 0.2) is 36.5 Å². The van der Waals surface area contributed by atoms with Crippen LogP contribution in [0.4, 0.5) is 5.69 Å². The third kappa shape index (κ3) is 3.03. The largest absolute Gasteiger partial charge is 0.497 e. The molecule has 1 aliphatic rings. The van der Waals surface area contributed by atoms with Crippen molar-refractivity contribution in [3.63, 3.8) is 0 Å². The van der Waals surface area contributed by atoms with Gasteiger partial charge in [-0.05, 0) is 30.3 Å². The molecule has 96 valence electrons. The molecule has 0 radical (unpaired) electrons. The van der Waals surface area contributed by atoms with Crippen molar-refractivity contribution in [2.45, 2.75) is 0 Å². The van der Waals surface area contributed by atoms with Crippen molar-refractivity contribution in [2.75, 3.05) is 38.2 Å². The standard InChI is InChI=1S/C14H18N2O2/c1-18-14-5-3-13(4-6-14)16-10-8-15(9-11-16)7-2-12-17/h2-7,12H,8-11H2,1H3. The maximum Gasteiger partial charge on any atom is 0.144 e. The lowest BCUT2D eigenvalue weighted by Gasteiger charge is -2.35. The van der Waals surface area contributed by atoms with E-state index in [-0.39, 0.29) is 0 Å². The molecule has 4 nitrogen and oxygen atoms in total. The molecule has 2 rings (SSSR count). The van der Waals surface area contributed by atoms with E-state index in [4.69, 9.17) is 4.74 Å². The SMILES string of the molecule is COc1ccc(N2CCN(C=CC=O)CC2)cc1. The summed E-state index contributed by atoms with van der Waals surface area (Å²) in [6, 6.07) is 8.12. The minimum atomic E-state index is 0.815. The summed E-state index contributed by atoms with van der Waals surface area (Å²) in [4.78, 5) is 14.8. The van der Waals surface area contributed by atoms with Crippen LogP contribution in [0.1, 0.15) is 0 Å². The van der Waals surface area contributed by atoms with E-state index in [0.29, 0.717) is 0 Å². The number of carbonyl (C=O) groups is 1. The van der Waals surface area contributed by atoms with Crippen molar-refractivity contribution < 1.29 is 9.53 Å². The number of benzene rings is 1. The molecule has 0 amide bonds. The Morgan fingerprint density at radius 1 is 1.11 bits per heavy atom. The summed E-state index contributed by atoms with van der Waals surface area (Å²) in [5.74, 6) is 0.881. The molecular weight excluding hydrogens is 228 g/mol. The number of piperazine rings is 1. The topological polar surface area (TPSA) is 32.8 Å². The number of nitrogens with zero attached hydrogens (tertiary/aromatic N) is 2. The Balaban J connectivity index is 1.92. The van der Waals surface area contributed by atoms with Gasteiger partial charge in [0, 0.05) is 38.1 Å². The third-order valence-corrected chi connectivity index (χ3v) is 3.13. The molecule has 0 atom stereocenters. The first kappa shape index (κ1) is 12.5. The number of methoxy groups -OCH3 is 1. The number of allylic oxidation sites excluding steroid dienone is 1. The molecule has 1 fully saturated rings. The Morgan fingerprint density at radius 2 is 1.78 bits per heavy atom. The van der Waals surface area contributed by atoms with E-state index in [1.807, 2.05) is 18.3 Å². The van der Waals surface area contributed by atoms with Gasteiger partial charge in [-0.25, -0.2) is 0 Å². The predicted molar refractivity (Wildman–Crippen MR) is 72.0 cm³/mol. The van der Waals surface area contributed by atoms with E-state index in [2.05, 4.69) is 21.9 Å². The van der Waals surface area contributed by atoms with Crippen LogP contribution in [0.5, 0.6) is 5.75 Å². The van der Waals surface area contributed by atoms with Crippen LogP contribution in [0.3, 0.4) is 0 Å². The van der Waals surface area contributed by atoms with Crippen LogP contribution in [-0.4, -0.2) is 44.5 Å². The predicted octanol–water partition coefficient (Wildman–Crippen LogP) is 1.53. The minimum absolute atomic E-state index is 0.815. The minimum Gasteiger partial charge on any atom is -0.497 e. The monoisotopic (exact) mass is 246 g/mol. The van der Waals surface area contributed by atoms with E-state index in [0.717, 1.165) is 38.2 Å². The highest BCUT2D eigenvalue weighted by Crippen LogP contribution is 2.20. The van der Waals surface area contributed by atoms with Crippen LogP contribution in [0, 0.1) is 0 Å². The lowest BCUT2D eigenvalue weighted by molar-refractivity contribution is -0.104. The summed E-state index contributed by atoms with van der Waals surface area (Å²) in [7, 11) is 1.67. The van der Waals surface area contributed by atoms with Gasteiger partial charge in [-0.1, -0.05) is 0 Å². The van der Waals surface area contributed by atoms with Gasteiger partial charge >= 0.3 is 0 Å². The number of anilines is 1. The van der Waals surface area contributed by atoms with Crippen LogP contribution < -0.4 is 9.64 Å². The Kier molecular flexibility index (Phi) is 4.23. The summed E-state index contributed by atoms with van der Waals surface area (Å²) in [5, 5.41) is 0. The first-order valence-electron chi connectivity index (χ1n) is 6.08. The molecule has 1 saturated heterocycles. The van der Waals surface area contributed by atoms with E-state index in [1.165, 1.54) is 5.69 Å². The number of carbonyl (C=O) groups excluding carboxylic acids is 1. The van der Waals surface area contributed by atoms with Crippen molar-refractivity contribution in [3.8, 4) is 5.75 Å². The Labute approximate surface area is 107 Å². The van der Waals surface area contributed by atoms with Gasteiger partial charge in [-0.2, -0.15) is 0 Å². The van der Waals surface area contributed by atoms with Crippen molar-refractivity contribution in [1.29, 1.82) is 0 Å². The van der Waals surface area contributed by atoms with Crippen molar-refractivity contribution in [3.05, 3.63) is 36.5 Å². The highest BCUT2D eigenvalue weighted by atomic mass is 16.5. The zero-order valence-corrected chi connectivity index (χ0v) is 10.6. The van der Waals surface area contributed by atoms with E-state index in [9.17, 15) is 4.79 Å². The second-order valence-electron chi connectivity index (χ2n) is 4.20. The highest BCUT2D eigenvalue weighted by molar-refractivity contribution is 5.64. The first-order valence-corrected chi connectivity index (χ1v) is 6.08. The summed E-state index contributed by atoms with van der Waals surface area (Å²) in [5.41, 5.74) is 1.22. The average Bonchev–Trinajstić information content (AvgIpc) is 2.46. The number of rotatable bonds is 4. The van der Waals surface area contributed by atoms with Gasteiger partial charge in [-0.3, -0.25) is 4.79 Å². The number of hydrogen-bond donors (Lipinski definition) is 0. The molecule has 1 aromatic carbocycles. The van der Waals surface area contributed by atoms with Gasteiger partial charge in [0.1, 0.15) is 12.0 Å². The summed E-state index contributed by atoms with van der Waals surface area (Å²) >= 11 is 0. The Bertz CT molecular complexity index is 406. The first-order chi connectivity index (χ1) is 8.83. The molecule has 0 N–H and O–H groups in total. The Morgan fingerprint density at radius 3 is 2.33 bits per heavy atom. The molecule has 0 aliphatic carbocycles. The molecule has 1 aliphatic heterocycles. The molecule has 0 unspecified atom stereocenters. The fraction of sp³-hybridized carbons (Fsp3) is 0.357. The molecule has 0 saturated carbocycles. The van der Waals surface area contributed by atoms with E-state index in [1.54, 1.807) is 13.2 Å². The Hall–Kier alpha value is -1.97. The lowest BCUT2D eigenvalue weighted by Crippen LogP contribution is -2.44. The zero-order valence-electron chi connectivity index (χ0n) is 10.6. The van der Waals surface area contributed by atoms with Crippen LogP contribution in [0.2, 0.25) is 0 Å². The molecule has 0 spiro atoms. The van der Waals surface area contributed by atoms with E-state index >= 15 is 0 Å². The average molecular weight is 246 g/mol. The summed E-state index contributed by atoms with van der Waals surface area (Å²) < 4.78 is 5.15. The fourth-order valence-electron chi connectivity index (χ4n) is 2.08. The van der Waals surface area contributed by atoms with Crippen molar-refractivity contribution >= 4 is 12.0 Å². The number of aldehydes is 1. The number of ether oxygens (including phenoxy) is 1. The molecule has 4 heteroatoms. The van der Waals surface area contributed by atoms with Gasteiger partial charge < -0.3 is 14.5 Å². The second kappa shape index (κ2) is 6.10. The van der Waals surface area contributed by atoms with Gasteiger partial charge in [0.2, 0.25) is 0 Å². The maximum atomic E-state index is 10.3. The van der Waals surface area contributed by atoms with Gasteiger partial charge in [0.25, 0.3) is 0 Å². The normalized spacial score (nSPS) is 16.1. The number of hydrogen-bond acceptors (Lipinski definition) is 4. The third-order valence-electron chi connectivity index (χ3n) is 3.13. The smallest absolute Gasteiger partial charge is 0.144 e. The van der Waals surface area contributed by atoms with Crippen molar-refractivity contribution in [1.82, 2.24) is 4.90 Å². The van der Waals surface area contributed by atoms with Gasteiger partial charge in [0.15, 0.2) is 0 Å². The lowest BCUT2D eigenvalue weighted by atomic mass is 10.2. The van der Waals surface area contributed by atoms with Crippen LogP contribution >= 0.6 is 0 Å². The van der Waals surface area contributed by atoms with Crippen LogP contribution in [-0.2, 0) is 4.79 Å². The second-order valence-corrected chi connectivity index (χ2v) is 4.20. The molecule has 1 heterocycles. The van der Waals surface area contributed by atoms with Crippen LogP contribution in [0.25, 0.3) is 0 Å². The molecule has 18 heavy (non-hydrogen) atoms. The summed E-state index contributed by atoms with van der Waals surface area (Å²) in [6.07, 6.45) is 4.22. The molecule has 0 aromatic heterocycles. The highest BCUT2D eigenvalue weighted by Gasteiger charge is 2.14. The van der Waals surface area contributed by atoms with Gasteiger partial charge in [0.05, 0.1) is 7.11 Å². The summed E-state index contributed by atoms with van der Waals surface area (Å²) in [6.45, 7) is 3.82.